The lowest BCUT2D eigenvalue weighted by molar-refractivity contribution is -0.225. The van der Waals surface area contributed by atoms with E-state index in [1.807, 2.05) is 37.9 Å². The first-order valence-electron chi connectivity index (χ1n) is 7.62. The number of nitrogens with one attached hydrogen (secondary N) is 1. The summed E-state index contributed by atoms with van der Waals surface area (Å²) < 4.78 is 11.9. The first-order chi connectivity index (χ1) is 9.91. The number of rotatable bonds is 1. The summed E-state index contributed by atoms with van der Waals surface area (Å²) >= 11 is 0. The monoisotopic (exact) mass is 292 g/mol. The van der Waals surface area contributed by atoms with Crippen molar-refractivity contribution in [1.82, 2.24) is 9.88 Å². The molecule has 0 aliphatic carbocycles. The van der Waals surface area contributed by atoms with Gasteiger partial charge in [-0.05, 0) is 39.7 Å². The lowest BCUT2D eigenvalue weighted by Crippen LogP contribution is -2.63. The Bertz CT molecular complexity index is 529. The molecule has 5 nitrogen and oxygen atoms in total. The van der Waals surface area contributed by atoms with E-state index in [0.717, 1.165) is 30.7 Å². The van der Waals surface area contributed by atoms with E-state index < -0.39 is 0 Å². The molecular formula is C16H24N2O3. The summed E-state index contributed by atoms with van der Waals surface area (Å²) in [5.74, 6) is 0.0788. The number of ether oxygens (including phenoxy) is 2. The smallest absolute Gasteiger partial charge is 0.255 e. The molecule has 2 fully saturated rings. The number of aromatic nitrogens is 1. The second-order valence-corrected chi connectivity index (χ2v) is 6.88. The van der Waals surface area contributed by atoms with Gasteiger partial charge in [0.25, 0.3) is 5.91 Å². The van der Waals surface area contributed by atoms with E-state index in [1.165, 1.54) is 0 Å². The Kier molecular flexibility index (Phi) is 3.58. The SMILES string of the molecule is Cc1[nH]ccc1C(=O)N1CC(C)(C)OC2(CCCOC2)C1. The Hall–Kier alpha value is -1.33. The normalized spacial score (nSPS) is 28.8. The van der Waals surface area contributed by atoms with Crippen molar-refractivity contribution in [3.8, 4) is 0 Å². The zero-order valence-corrected chi connectivity index (χ0v) is 13.1. The number of nitrogens with zero attached hydrogens (tertiary/aromatic N) is 1. The molecule has 3 heterocycles. The third-order valence-electron chi connectivity index (χ3n) is 4.30. The number of H-pyrrole nitrogens is 1. The topological polar surface area (TPSA) is 54.6 Å². The molecule has 0 radical (unpaired) electrons. The van der Waals surface area contributed by atoms with E-state index in [0.29, 0.717) is 19.7 Å². The summed E-state index contributed by atoms with van der Waals surface area (Å²) in [6.45, 7) is 8.61. The summed E-state index contributed by atoms with van der Waals surface area (Å²) in [5.41, 5.74) is 0.969. The van der Waals surface area contributed by atoms with E-state index in [1.54, 1.807) is 0 Å². The first-order valence-corrected chi connectivity index (χ1v) is 7.62. The number of hydrogen-bond donors (Lipinski definition) is 1. The average molecular weight is 292 g/mol. The number of carbonyl (C=O) groups excluding carboxylic acids is 1. The zero-order chi connectivity index (χ0) is 15.1. The van der Waals surface area contributed by atoms with Crippen LogP contribution >= 0.6 is 0 Å². The Morgan fingerprint density at radius 3 is 2.81 bits per heavy atom. The standard InChI is InChI=1S/C16H24N2O3/c1-12-13(5-7-17-12)14(19)18-9-15(2,3)21-16(10-18)6-4-8-20-11-16/h5,7,17H,4,6,8-11H2,1-3H3. The van der Waals surface area contributed by atoms with Crippen LogP contribution < -0.4 is 0 Å². The van der Waals surface area contributed by atoms with Crippen LogP contribution in [0.1, 0.15) is 42.7 Å². The van der Waals surface area contributed by atoms with E-state index in [9.17, 15) is 4.79 Å². The van der Waals surface area contributed by atoms with Crippen LogP contribution in [0.15, 0.2) is 12.3 Å². The van der Waals surface area contributed by atoms with Crippen molar-refractivity contribution in [1.29, 1.82) is 0 Å². The molecule has 1 N–H and O–H groups in total. The summed E-state index contributed by atoms with van der Waals surface area (Å²) in [6, 6.07) is 1.85. The molecule has 0 bridgehead atoms. The van der Waals surface area contributed by atoms with Gasteiger partial charge in [-0.3, -0.25) is 4.79 Å². The van der Waals surface area contributed by atoms with Gasteiger partial charge >= 0.3 is 0 Å². The minimum absolute atomic E-state index is 0.0788. The molecule has 1 atom stereocenters. The van der Waals surface area contributed by atoms with Gasteiger partial charge in [0.15, 0.2) is 0 Å². The maximum absolute atomic E-state index is 12.8. The van der Waals surface area contributed by atoms with Gasteiger partial charge < -0.3 is 19.4 Å². The quantitative estimate of drug-likeness (QED) is 0.862. The minimum Gasteiger partial charge on any atom is -0.378 e. The van der Waals surface area contributed by atoms with Crippen LogP contribution in [0.2, 0.25) is 0 Å². The Morgan fingerprint density at radius 2 is 2.19 bits per heavy atom. The van der Waals surface area contributed by atoms with Crippen LogP contribution in [0.4, 0.5) is 0 Å². The van der Waals surface area contributed by atoms with Gasteiger partial charge in [0.05, 0.1) is 24.3 Å². The predicted octanol–water partition coefficient (Wildman–Crippen LogP) is 2.12. The maximum atomic E-state index is 12.8. The highest BCUT2D eigenvalue weighted by Gasteiger charge is 2.47. The number of amides is 1. The molecule has 1 amide bonds. The average Bonchev–Trinajstić information content (AvgIpc) is 2.83. The summed E-state index contributed by atoms with van der Waals surface area (Å²) in [5, 5.41) is 0. The third-order valence-corrected chi connectivity index (χ3v) is 4.30. The number of aromatic amines is 1. The molecule has 2 aliphatic heterocycles. The number of hydrogen-bond acceptors (Lipinski definition) is 3. The van der Waals surface area contributed by atoms with Crippen LogP contribution in [0, 0.1) is 6.92 Å². The van der Waals surface area contributed by atoms with Crippen molar-refractivity contribution in [3.05, 3.63) is 23.5 Å². The van der Waals surface area contributed by atoms with Gasteiger partial charge in [0, 0.05) is 25.0 Å². The molecule has 21 heavy (non-hydrogen) atoms. The summed E-state index contributed by atoms with van der Waals surface area (Å²) in [4.78, 5) is 17.8. The van der Waals surface area contributed by atoms with Crippen LogP contribution in [-0.4, -0.2) is 53.3 Å². The minimum atomic E-state index is -0.348. The lowest BCUT2D eigenvalue weighted by Gasteiger charge is -2.51. The van der Waals surface area contributed by atoms with Crippen LogP contribution in [0.3, 0.4) is 0 Å². The molecule has 0 saturated carbocycles. The molecular weight excluding hydrogens is 268 g/mol. The van der Waals surface area contributed by atoms with Gasteiger partial charge in [0.1, 0.15) is 5.60 Å². The largest absolute Gasteiger partial charge is 0.378 e. The molecule has 1 aromatic heterocycles. The van der Waals surface area contributed by atoms with E-state index >= 15 is 0 Å². The molecule has 0 aromatic carbocycles. The molecule has 1 spiro atoms. The molecule has 3 rings (SSSR count). The highest BCUT2D eigenvalue weighted by Crippen LogP contribution is 2.35. The van der Waals surface area contributed by atoms with Gasteiger partial charge in [-0.15, -0.1) is 0 Å². The third kappa shape index (κ3) is 2.85. The fourth-order valence-corrected chi connectivity index (χ4v) is 3.54. The maximum Gasteiger partial charge on any atom is 0.255 e. The molecule has 5 heteroatoms. The Balaban J connectivity index is 1.85. The summed E-state index contributed by atoms with van der Waals surface area (Å²) in [6.07, 6.45) is 3.75. The Labute approximate surface area is 125 Å². The fraction of sp³-hybridized carbons (Fsp3) is 0.688. The van der Waals surface area contributed by atoms with Crippen LogP contribution in [-0.2, 0) is 9.47 Å². The second-order valence-electron chi connectivity index (χ2n) is 6.88. The highest BCUT2D eigenvalue weighted by molar-refractivity contribution is 5.95. The number of aryl methyl sites for hydroxylation is 1. The van der Waals surface area contributed by atoms with Crippen molar-refractivity contribution in [2.45, 2.75) is 44.8 Å². The van der Waals surface area contributed by atoms with Crippen molar-refractivity contribution in [2.75, 3.05) is 26.3 Å². The molecule has 1 aromatic rings. The molecule has 1 unspecified atom stereocenters. The van der Waals surface area contributed by atoms with Gasteiger partial charge in [-0.1, -0.05) is 0 Å². The van der Waals surface area contributed by atoms with Crippen molar-refractivity contribution < 1.29 is 14.3 Å². The number of carbonyl (C=O) groups is 1. The molecule has 2 saturated heterocycles. The van der Waals surface area contributed by atoms with Gasteiger partial charge in [-0.25, -0.2) is 0 Å². The van der Waals surface area contributed by atoms with Crippen LogP contribution in [0.5, 0.6) is 0 Å². The van der Waals surface area contributed by atoms with Crippen molar-refractivity contribution in [2.24, 2.45) is 0 Å². The Morgan fingerprint density at radius 1 is 1.38 bits per heavy atom. The van der Waals surface area contributed by atoms with E-state index in [-0.39, 0.29) is 17.1 Å². The number of morpholine rings is 1. The predicted molar refractivity (Wildman–Crippen MR) is 79.4 cm³/mol. The second kappa shape index (κ2) is 5.14. The highest BCUT2D eigenvalue weighted by atomic mass is 16.6. The first kappa shape index (κ1) is 14.6. The van der Waals surface area contributed by atoms with E-state index in [4.69, 9.17) is 9.47 Å². The lowest BCUT2D eigenvalue weighted by atomic mass is 9.90. The van der Waals surface area contributed by atoms with Gasteiger partial charge in [0.2, 0.25) is 0 Å². The van der Waals surface area contributed by atoms with Crippen molar-refractivity contribution >= 4 is 5.91 Å². The van der Waals surface area contributed by atoms with Crippen molar-refractivity contribution in [3.63, 3.8) is 0 Å². The molecule has 2 aliphatic rings. The zero-order valence-electron chi connectivity index (χ0n) is 13.1. The molecule has 116 valence electrons. The van der Waals surface area contributed by atoms with Gasteiger partial charge in [-0.2, -0.15) is 0 Å². The summed E-state index contributed by atoms with van der Waals surface area (Å²) in [7, 11) is 0. The fourth-order valence-electron chi connectivity index (χ4n) is 3.54. The van der Waals surface area contributed by atoms with E-state index in [2.05, 4.69) is 4.98 Å². The van der Waals surface area contributed by atoms with Crippen LogP contribution in [0.25, 0.3) is 0 Å².